The number of rotatable bonds is 6. The first-order valence-electron chi connectivity index (χ1n) is 13.2. The number of carbonyl (C=O) groups excluding carboxylic acids is 3. The molecule has 200 valence electrons. The summed E-state index contributed by atoms with van der Waals surface area (Å²) >= 11 is 0. The van der Waals surface area contributed by atoms with E-state index in [1.54, 1.807) is 30.2 Å². The van der Waals surface area contributed by atoms with Gasteiger partial charge in [0.2, 0.25) is 5.78 Å². The third-order valence-corrected chi connectivity index (χ3v) is 7.60. The van der Waals surface area contributed by atoms with Gasteiger partial charge in [0.15, 0.2) is 6.10 Å². The van der Waals surface area contributed by atoms with Crippen molar-refractivity contribution in [1.82, 2.24) is 4.90 Å². The van der Waals surface area contributed by atoms with Gasteiger partial charge in [-0.15, -0.1) is 6.42 Å². The van der Waals surface area contributed by atoms with Gasteiger partial charge in [-0.3, -0.25) is 9.59 Å². The summed E-state index contributed by atoms with van der Waals surface area (Å²) in [6.45, 7) is 4.38. The molecule has 0 spiro atoms. The second-order valence-electron chi connectivity index (χ2n) is 10.2. The lowest BCUT2D eigenvalue weighted by molar-refractivity contribution is -0.130. The lowest BCUT2D eigenvalue weighted by atomic mass is 9.92. The molecule has 0 radical (unpaired) electrons. The molecule has 0 aromatic heterocycles. The SMILES string of the molecule is C#CC1COC(=O)c2cccc(C3=C4C(=C(C(=O)N(CCOC)C(C)C)C3=O)c3cccc5cccc4c35)c2O1. The monoisotopic (exact) mass is 533 g/mol. The molecule has 3 aromatic carbocycles. The highest BCUT2D eigenvalue weighted by Gasteiger charge is 2.45. The van der Waals surface area contributed by atoms with Crippen molar-refractivity contribution in [2.45, 2.75) is 26.0 Å². The fourth-order valence-corrected chi connectivity index (χ4v) is 5.80. The Morgan fingerprint density at radius 1 is 1.00 bits per heavy atom. The van der Waals surface area contributed by atoms with Crippen molar-refractivity contribution in [3.8, 4) is 18.1 Å². The number of ether oxygens (including phenoxy) is 3. The van der Waals surface area contributed by atoms with Crippen LogP contribution < -0.4 is 4.74 Å². The Labute approximate surface area is 232 Å². The molecule has 6 rings (SSSR count). The number of hydrogen-bond donors (Lipinski definition) is 0. The van der Waals surface area contributed by atoms with E-state index in [-0.39, 0.29) is 35.4 Å². The first kappa shape index (κ1) is 25.6. The Morgan fingerprint density at radius 3 is 2.33 bits per heavy atom. The predicted octanol–water partition coefficient (Wildman–Crippen LogP) is 4.53. The Bertz CT molecular complexity index is 1720. The van der Waals surface area contributed by atoms with E-state index in [0.29, 0.717) is 35.4 Å². The molecule has 2 aliphatic carbocycles. The molecule has 1 amide bonds. The molecule has 7 nitrogen and oxygen atoms in total. The average molecular weight is 534 g/mol. The number of ketones is 1. The maximum absolute atomic E-state index is 14.5. The molecule has 7 heteroatoms. The van der Waals surface area contributed by atoms with E-state index in [9.17, 15) is 14.4 Å². The van der Waals surface area contributed by atoms with Gasteiger partial charge in [-0.2, -0.15) is 0 Å². The van der Waals surface area contributed by atoms with Crippen molar-refractivity contribution in [3.63, 3.8) is 0 Å². The number of hydrogen-bond acceptors (Lipinski definition) is 6. The molecule has 3 aromatic rings. The lowest BCUT2D eigenvalue weighted by Crippen LogP contribution is -2.41. The van der Waals surface area contributed by atoms with Gasteiger partial charge in [0.1, 0.15) is 17.9 Å². The summed E-state index contributed by atoms with van der Waals surface area (Å²) in [7, 11) is 1.58. The average Bonchev–Trinajstić information content (AvgIpc) is 3.36. The van der Waals surface area contributed by atoms with Crippen LogP contribution in [0.1, 0.15) is 40.9 Å². The lowest BCUT2D eigenvalue weighted by Gasteiger charge is -2.27. The van der Waals surface area contributed by atoms with E-state index in [1.807, 2.05) is 50.2 Å². The molecule has 1 atom stereocenters. The maximum Gasteiger partial charge on any atom is 0.342 e. The largest absolute Gasteiger partial charge is 0.473 e. The molecule has 40 heavy (non-hydrogen) atoms. The number of fused-ring (bicyclic) bond motifs is 4. The molecule has 1 heterocycles. The van der Waals surface area contributed by atoms with E-state index >= 15 is 0 Å². The van der Waals surface area contributed by atoms with Crippen LogP contribution in [-0.4, -0.2) is 61.6 Å². The van der Waals surface area contributed by atoms with E-state index in [4.69, 9.17) is 20.6 Å². The molecule has 0 saturated carbocycles. The molecule has 1 aliphatic heterocycles. The van der Waals surface area contributed by atoms with Crippen LogP contribution in [0.25, 0.3) is 27.5 Å². The second kappa shape index (κ2) is 9.82. The predicted molar refractivity (Wildman–Crippen MR) is 151 cm³/mol. The maximum atomic E-state index is 14.5. The Kier molecular flexibility index (Phi) is 6.28. The van der Waals surface area contributed by atoms with Crippen LogP contribution in [0, 0.1) is 12.3 Å². The van der Waals surface area contributed by atoms with Gasteiger partial charge in [-0.25, -0.2) is 4.79 Å². The van der Waals surface area contributed by atoms with Crippen LogP contribution in [0.2, 0.25) is 0 Å². The van der Waals surface area contributed by atoms with Crippen LogP contribution in [-0.2, 0) is 19.1 Å². The van der Waals surface area contributed by atoms with Gasteiger partial charge in [0.25, 0.3) is 5.91 Å². The second-order valence-corrected chi connectivity index (χ2v) is 10.2. The number of carbonyl (C=O) groups is 3. The van der Waals surface area contributed by atoms with E-state index in [1.165, 1.54) is 0 Å². The third kappa shape index (κ3) is 3.75. The number of allylic oxidation sites excluding steroid dienone is 3. The van der Waals surface area contributed by atoms with Crippen molar-refractivity contribution in [1.29, 1.82) is 0 Å². The number of amides is 1. The fourth-order valence-electron chi connectivity index (χ4n) is 5.80. The fraction of sp³-hybridized carbons (Fsp3) is 0.242. The number of terminal acetylenes is 1. The summed E-state index contributed by atoms with van der Waals surface area (Å²) in [6.07, 6.45) is 4.83. The normalized spacial score (nSPS) is 17.4. The molecule has 0 N–H and O–H groups in total. The van der Waals surface area contributed by atoms with E-state index in [2.05, 4.69) is 5.92 Å². The zero-order valence-electron chi connectivity index (χ0n) is 22.4. The Hall–Kier alpha value is -4.67. The number of benzene rings is 3. The minimum Gasteiger partial charge on any atom is -0.473 e. The van der Waals surface area contributed by atoms with Gasteiger partial charge in [0.05, 0.1) is 12.2 Å². The van der Waals surface area contributed by atoms with Crippen molar-refractivity contribution in [2.75, 3.05) is 26.9 Å². The summed E-state index contributed by atoms with van der Waals surface area (Å²) in [6, 6.07) is 16.6. The molecule has 3 aliphatic rings. The van der Waals surface area contributed by atoms with Gasteiger partial charge in [-0.05, 0) is 41.8 Å². The molecule has 0 fully saturated rings. The summed E-state index contributed by atoms with van der Waals surface area (Å²) in [4.78, 5) is 43.2. The molecule has 0 saturated heterocycles. The van der Waals surface area contributed by atoms with Gasteiger partial charge in [0, 0.05) is 42.0 Å². The standard InChI is InChI=1S/C33H27NO6/c1-5-20-17-39-33(37)24-14-8-13-23(31(24)40-20)28-26-21-11-6-9-19-10-7-12-22(25(19)21)27(26)29(30(28)35)32(36)34(18(2)3)15-16-38-4/h1,6-14,18,20H,15-17H2,2-4H3. The van der Waals surface area contributed by atoms with E-state index < -0.39 is 17.9 Å². The minimum absolute atomic E-state index is 0.0980. The topological polar surface area (TPSA) is 82.1 Å². The molecule has 1 unspecified atom stereocenters. The number of methoxy groups -OCH3 is 1. The van der Waals surface area contributed by atoms with Gasteiger partial charge < -0.3 is 19.1 Å². The van der Waals surface area contributed by atoms with Crippen molar-refractivity contribution in [3.05, 3.63) is 82.4 Å². The summed E-state index contributed by atoms with van der Waals surface area (Å²) < 4.78 is 16.7. The summed E-state index contributed by atoms with van der Waals surface area (Å²) in [5.41, 5.74) is 3.91. The van der Waals surface area contributed by atoms with Crippen LogP contribution in [0.5, 0.6) is 5.75 Å². The van der Waals surface area contributed by atoms with Crippen molar-refractivity contribution in [2.24, 2.45) is 0 Å². The molecular weight excluding hydrogens is 506 g/mol. The highest BCUT2D eigenvalue weighted by Crippen LogP contribution is 2.56. The zero-order valence-corrected chi connectivity index (χ0v) is 22.4. The number of cyclic esters (lactones) is 1. The summed E-state index contributed by atoms with van der Waals surface area (Å²) in [5, 5.41) is 1.98. The number of para-hydroxylation sites is 1. The number of Topliss-reactive ketones (excluding diaryl/α,β-unsaturated/α-hetero) is 1. The Balaban J connectivity index is 1.63. The Morgan fingerprint density at radius 2 is 1.65 bits per heavy atom. The number of nitrogens with zero attached hydrogens (tertiary/aromatic N) is 1. The van der Waals surface area contributed by atoms with E-state index in [0.717, 1.165) is 21.9 Å². The van der Waals surface area contributed by atoms with Crippen molar-refractivity contribution >= 4 is 45.2 Å². The van der Waals surface area contributed by atoms with Crippen LogP contribution >= 0.6 is 0 Å². The van der Waals surface area contributed by atoms with Gasteiger partial charge in [-0.1, -0.05) is 54.5 Å². The van der Waals surface area contributed by atoms with Crippen LogP contribution in [0.4, 0.5) is 0 Å². The van der Waals surface area contributed by atoms with Crippen LogP contribution in [0.3, 0.4) is 0 Å². The first-order valence-corrected chi connectivity index (χ1v) is 13.2. The highest BCUT2D eigenvalue weighted by molar-refractivity contribution is 6.56. The highest BCUT2D eigenvalue weighted by atomic mass is 16.6. The first-order chi connectivity index (χ1) is 19.4. The number of esters is 1. The van der Waals surface area contributed by atoms with Crippen LogP contribution in [0.15, 0.2) is 60.2 Å². The third-order valence-electron chi connectivity index (χ3n) is 7.60. The quantitative estimate of drug-likeness (QED) is 0.263. The molecular formula is C33H27NO6. The van der Waals surface area contributed by atoms with Crippen molar-refractivity contribution < 1.29 is 28.6 Å². The van der Waals surface area contributed by atoms with Gasteiger partial charge >= 0.3 is 5.97 Å². The smallest absolute Gasteiger partial charge is 0.342 e. The summed E-state index contributed by atoms with van der Waals surface area (Å²) in [5.74, 6) is 1.31. The minimum atomic E-state index is -0.823. The molecule has 0 bridgehead atoms. The zero-order chi connectivity index (χ0) is 28.1.